The number of amides is 1. The van der Waals surface area contributed by atoms with Crippen LogP contribution in [0, 0.1) is 10.1 Å². The summed E-state index contributed by atoms with van der Waals surface area (Å²) >= 11 is 8.85. The monoisotopic (exact) mass is 362 g/mol. The minimum Gasteiger partial charge on any atom is -0.336 e. The first-order valence-electron chi connectivity index (χ1n) is 6.18. The zero-order valence-electron chi connectivity index (χ0n) is 11.3. The Balaban J connectivity index is 3.08. The molecule has 1 aromatic rings. The SMILES string of the molecule is CC(C)N(CCCCl)C(=O)c1cc(Br)cc([N+](=O)[O-])c1. The van der Waals surface area contributed by atoms with Gasteiger partial charge in [-0.25, -0.2) is 0 Å². The van der Waals surface area contributed by atoms with Gasteiger partial charge in [-0.1, -0.05) is 15.9 Å². The van der Waals surface area contributed by atoms with E-state index in [9.17, 15) is 14.9 Å². The first-order chi connectivity index (χ1) is 9.36. The molecule has 5 nitrogen and oxygen atoms in total. The Morgan fingerprint density at radius 3 is 2.60 bits per heavy atom. The molecule has 1 aromatic carbocycles. The molecule has 0 heterocycles. The van der Waals surface area contributed by atoms with E-state index in [0.717, 1.165) is 0 Å². The molecule has 20 heavy (non-hydrogen) atoms. The molecular weight excluding hydrogens is 348 g/mol. The van der Waals surface area contributed by atoms with Gasteiger partial charge < -0.3 is 4.90 Å². The molecule has 1 rings (SSSR count). The number of nitro benzene ring substituents is 1. The number of hydrogen-bond donors (Lipinski definition) is 0. The predicted molar refractivity (Wildman–Crippen MR) is 82.3 cm³/mol. The summed E-state index contributed by atoms with van der Waals surface area (Å²) < 4.78 is 0.510. The molecular formula is C13H16BrClN2O3. The fraction of sp³-hybridized carbons (Fsp3) is 0.462. The molecule has 0 aliphatic carbocycles. The molecule has 0 spiro atoms. The molecule has 0 saturated carbocycles. The van der Waals surface area contributed by atoms with Gasteiger partial charge in [0.25, 0.3) is 11.6 Å². The third-order valence-electron chi connectivity index (χ3n) is 2.76. The van der Waals surface area contributed by atoms with Crippen molar-refractivity contribution in [2.45, 2.75) is 26.3 Å². The van der Waals surface area contributed by atoms with E-state index < -0.39 is 4.92 Å². The lowest BCUT2D eigenvalue weighted by atomic mass is 10.1. The molecule has 0 radical (unpaired) electrons. The summed E-state index contributed by atoms with van der Waals surface area (Å²) in [7, 11) is 0. The van der Waals surface area contributed by atoms with E-state index >= 15 is 0 Å². The number of hydrogen-bond acceptors (Lipinski definition) is 3. The molecule has 0 aliphatic rings. The minimum atomic E-state index is -0.514. The third-order valence-corrected chi connectivity index (χ3v) is 3.48. The molecule has 0 saturated heterocycles. The van der Waals surface area contributed by atoms with E-state index in [1.54, 1.807) is 11.0 Å². The van der Waals surface area contributed by atoms with Gasteiger partial charge in [0.2, 0.25) is 0 Å². The highest BCUT2D eigenvalue weighted by atomic mass is 79.9. The Bertz CT molecular complexity index is 508. The largest absolute Gasteiger partial charge is 0.336 e. The second kappa shape index (κ2) is 7.59. The van der Waals surface area contributed by atoms with Crippen LogP contribution in [0.5, 0.6) is 0 Å². The van der Waals surface area contributed by atoms with Crippen LogP contribution < -0.4 is 0 Å². The van der Waals surface area contributed by atoms with Crippen LogP contribution >= 0.6 is 27.5 Å². The topological polar surface area (TPSA) is 63.5 Å². The van der Waals surface area contributed by atoms with E-state index in [1.807, 2.05) is 13.8 Å². The van der Waals surface area contributed by atoms with Crippen LogP contribution in [0.3, 0.4) is 0 Å². The maximum absolute atomic E-state index is 12.5. The highest BCUT2D eigenvalue weighted by molar-refractivity contribution is 9.10. The number of alkyl halides is 1. The number of rotatable bonds is 6. The number of carbonyl (C=O) groups excluding carboxylic acids is 1. The number of halogens is 2. The summed E-state index contributed by atoms with van der Waals surface area (Å²) in [5.74, 6) is 0.240. The van der Waals surface area contributed by atoms with Crippen molar-refractivity contribution in [3.8, 4) is 0 Å². The van der Waals surface area contributed by atoms with Gasteiger partial charge in [0, 0.05) is 40.6 Å². The number of nitro groups is 1. The Labute approximate surface area is 131 Å². The predicted octanol–water partition coefficient (Wildman–Crippen LogP) is 3.84. The molecule has 7 heteroatoms. The maximum Gasteiger partial charge on any atom is 0.271 e. The Morgan fingerprint density at radius 1 is 1.45 bits per heavy atom. The lowest BCUT2D eigenvalue weighted by Crippen LogP contribution is -2.37. The van der Waals surface area contributed by atoms with E-state index in [-0.39, 0.29) is 17.6 Å². The molecule has 0 N–H and O–H groups in total. The van der Waals surface area contributed by atoms with Crippen LogP contribution in [0.4, 0.5) is 5.69 Å². The number of carbonyl (C=O) groups is 1. The lowest BCUT2D eigenvalue weighted by molar-refractivity contribution is -0.385. The summed E-state index contributed by atoms with van der Waals surface area (Å²) in [6.07, 6.45) is 0.682. The van der Waals surface area contributed by atoms with Gasteiger partial charge in [-0.05, 0) is 26.3 Å². The van der Waals surface area contributed by atoms with Crippen molar-refractivity contribution in [2.75, 3.05) is 12.4 Å². The lowest BCUT2D eigenvalue weighted by Gasteiger charge is -2.26. The minimum absolute atomic E-state index is 0.00348. The van der Waals surface area contributed by atoms with Crippen LogP contribution in [0.25, 0.3) is 0 Å². The molecule has 0 fully saturated rings. The van der Waals surface area contributed by atoms with Crippen molar-refractivity contribution in [1.29, 1.82) is 0 Å². The maximum atomic E-state index is 12.5. The first kappa shape index (κ1) is 16.9. The number of nitrogens with zero attached hydrogens (tertiary/aromatic N) is 2. The first-order valence-corrected chi connectivity index (χ1v) is 7.51. The summed E-state index contributed by atoms with van der Waals surface area (Å²) in [5.41, 5.74) is 0.193. The average Bonchev–Trinajstić information content (AvgIpc) is 2.37. The molecule has 0 atom stereocenters. The zero-order chi connectivity index (χ0) is 15.3. The van der Waals surface area contributed by atoms with Crippen molar-refractivity contribution in [1.82, 2.24) is 4.90 Å². The van der Waals surface area contributed by atoms with Crippen LogP contribution in [0.1, 0.15) is 30.6 Å². The van der Waals surface area contributed by atoms with Gasteiger partial charge in [0.1, 0.15) is 0 Å². The normalized spacial score (nSPS) is 10.7. The molecule has 1 amide bonds. The Hall–Kier alpha value is -1.14. The van der Waals surface area contributed by atoms with Crippen molar-refractivity contribution < 1.29 is 9.72 Å². The van der Waals surface area contributed by atoms with Crippen LogP contribution in [0.2, 0.25) is 0 Å². The van der Waals surface area contributed by atoms with E-state index in [2.05, 4.69) is 15.9 Å². The van der Waals surface area contributed by atoms with Gasteiger partial charge in [-0.2, -0.15) is 0 Å². The zero-order valence-corrected chi connectivity index (χ0v) is 13.6. The molecule has 0 aliphatic heterocycles. The van der Waals surface area contributed by atoms with Gasteiger partial charge >= 0.3 is 0 Å². The molecule has 0 bridgehead atoms. The number of non-ortho nitro benzene ring substituents is 1. The second-order valence-electron chi connectivity index (χ2n) is 4.59. The summed E-state index contributed by atoms with van der Waals surface area (Å²) in [5, 5.41) is 10.8. The van der Waals surface area contributed by atoms with E-state index in [1.165, 1.54) is 12.1 Å². The summed E-state index contributed by atoms with van der Waals surface area (Å²) in [4.78, 5) is 24.5. The van der Waals surface area contributed by atoms with Crippen LogP contribution in [-0.4, -0.2) is 34.2 Å². The standard InChI is InChI=1S/C13H16BrClN2O3/c1-9(2)16(5-3-4-15)13(18)10-6-11(14)8-12(7-10)17(19)20/h6-9H,3-5H2,1-2H3. The second-order valence-corrected chi connectivity index (χ2v) is 5.88. The summed E-state index contributed by atoms with van der Waals surface area (Å²) in [6.45, 7) is 4.33. The fourth-order valence-electron chi connectivity index (χ4n) is 1.79. The van der Waals surface area contributed by atoms with Gasteiger partial charge in [-0.15, -0.1) is 11.6 Å². The van der Waals surface area contributed by atoms with E-state index in [4.69, 9.17) is 11.6 Å². The average molecular weight is 364 g/mol. The quantitative estimate of drug-likeness (QED) is 0.438. The summed E-state index contributed by atoms with van der Waals surface area (Å²) in [6, 6.07) is 4.26. The smallest absolute Gasteiger partial charge is 0.271 e. The Kier molecular flexibility index (Phi) is 6.42. The number of benzene rings is 1. The van der Waals surface area contributed by atoms with Crippen LogP contribution in [-0.2, 0) is 0 Å². The van der Waals surface area contributed by atoms with Crippen LogP contribution in [0.15, 0.2) is 22.7 Å². The van der Waals surface area contributed by atoms with Crippen molar-refractivity contribution >= 4 is 39.1 Å². The molecule has 110 valence electrons. The fourth-order valence-corrected chi connectivity index (χ4v) is 2.39. The van der Waals surface area contributed by atoms with E-state index in [0.29, 0.717) is 28.9 Å². The molecule has 0 unspecified atom stereocenters. The molecule has 0 aromatic heterocycles. The van der Waals surface area contributed by atoms with Gasteiger partial charge in [-0.3, -0.25) is 14.9 Å². The third kappa shape index (κ3) is 4.45. The van der Waals surface area contributed by atoms with Crippen molar-refractivity contribution in [3.63, 3.8) is 0 Å². The Morgan fingerprint density at radius 2 is 2.10 bits per heavy atom. The van der Waals surface area contributed by atoms with Crippen molar-refractivity contribution in [3.05, 3.63) is 38.3 Å². The highest BCUT2D eigenvalue weighted by Gasteiger charge is 2.21. The highest BCUT2D eigenvalue weighted by Crippen LogP contribution is 2.23. The van der Waals surface area contributed by atoms with Gasteiger partial charge in [0.15, 0.2) is 0 Å². The van der Waals surface area contributed by atoms with Crippen molar-refractivity contribution in [2.24, 2.45) is 0 Å². The van der Waals surface area contributed by atoms with Gasteiger partial charge in [0.05, 0.1) is 4.92 Å².